The Balaban J connectivity index is 0.00000163. The Labute approximate surface area is 153 Å². The topological polar surface area (TPSA) is 59.0 Å². The lowest BCUT2D eigenvalue weighted by Gasteiger charge is -2.18. The molecule has 6 heteroatoms. The predicted molar refractivity (Wildman–Crippen MR) is 102 cm³/mol. The number of carbonyl (C=O) groups is 1. The van der Waals surface area contributed by atoms with E-state index in [9.17, 15) is 14.1 Å². The summed E-state index contributed by atoms with van der Waals surface area (Å²) in [5.74, 6) is -0.189. The smallest absolute Gasteiger partial charge is 0.249 e. The molecule has 26 heavy (non-hydrogen) atoms. The van der Waals surface area contributed by atoms with Gasteiger partial charge in [0.15, 0.2) is 0 Å². The van der Waals surface area contributed by atoms with E-state index in [-0.39, 0.29) is 18.8 Å². The molecule has 0 atom stereocenters. The van der Waals surface area contributed by atoms with E-state index in [2.05, 4.69) is 5.29 Å². The normalized spacial score (nSPS) is 9.77. The van der Waals surface area contributed by atoms with E-state index < -0.39 is 5.91 Å². The molecule has 0 aliphatic rings. The number of ether oxygens (including phenoxy) is 1. The fraction of sp³-hybridized carbons (Fsp3) is 0.350. The van der Waals surface area contributed by atoms with Gasteiger partial charge in [0, 0.05) is 12.0 Å². The Hall–Kier alpha value is -2.76. The molecule has 0 aromatic heterocycles. The molecule has 0 aliphatic carbocycles. The number of benzene rings is 2. The van der Waals surface area contributed by atoms with E-state index in [1.807, 2.05) is 26.8 Å². The molecule has 0 bridgehead atoms. The van der Waals surface area contributed by atoms with Crippen LogP contribution in [0.4, 0.5) is 10.1 Å². The third-order valence-corrected chi connectivity index (χ3v) is 3.61. The van der Waals surface area contributed by atoms with E-state index in [0.717, 1.165) is 10.6 Å². The maximum Gasteiger partial charge on any atom is 0.249 e. The monoisotopic (exact) mass is 360 g/mol. The summed E-state index contributed by atoms with van der Waals surface area (Å²) in [5.41, 5.74) is 2.60. The fourth-order valence-electron chi connectivity index (χ4n) is 2.30. The van der Waals surface area contributed by atoms with Gasteiger partial charge in [0.2, 0.25) is 5.91 Å². The Morgan fingerprint density at radius 2 is 1.85 bits per heavy atom. The molecule has 0 N–H and O–H groups in total. The van der Waals surface area contributed by atoms with Gasteiger partial charge in [-0.3, -0.25) is 4.79 Å². The molecule has 0 radical (unpaired) electrons. The van der Waals surface area contributed by atoms with Gasteiger partial charge in [-0.15, -0.1) is 4.91 Å². The molecule has 0 unspecified atom stereocenters. The Kier molecular flexibility index (Phi) is 8.42. The summed E-state index contributed by atoms with van der Waals surface area (Å²) in [5, 5.41) is 3.69. The van der Waals surface area contributed by atoms with E-state index in [0.29, 0.717) is 22.6 Å². The third kappa shape index (κ3) is 5.37. The zero-order valence-corrected chi connectivity index (χ0v) is 15.9. The van der Waals surface area contributed by atoms with Gasteiger partial charge in [0.25, 0.3) is 0 Å². The van der Waals surface area contributed by atoms with Crippen LogP contribution in [0.15, 0.2) is 41.7 Å². The maximum atomic E-state index is 13.2. The van der Waals surface area contributed by atoms with Gasteiger partial charge < -0.3 is 4.74 Å². The van der Waals surface area contributed by atoms with Crippen LogP contribution in [0.5, 0.6) is 5.75 Å². The Morgan fingerprint density at radius 3 is 2.42 bits per heavy atom. The molecular formula is C20H25FN2O3. The fourth-order valence-corrected chi connectivity index (χ4v) is 2.30. The second kappa shape index (κ2) is 10.3. The average Bonchev–Trinajstić information content (AvgIpc) is 2.64. The minimum Gasteiger partial charge on any atom is -0.489 e. The maximum absolute atomic E-state index is 13.2. The summed E-state index contributed by atoms with van der Waals surface area (Å²) in [4.78, 5) is 23.0. The number of nitroso groups, excluding NO2 is 1. The molecule has 0 saturated carbocycles. The standard InChI is InChI=1S/C18H19FN2O3.C2H6/c1-4-18(22)21(20-23)16-9-12(2)5-6-14(16)11-24-17-8-7-15(19)10-13(17)3;1-2/h5-10H,4,11H2,1-3H3;1-2H3. The number of aryl methyl sites for hydroxylation is 2. The van der Waals surface area contributed by atoms with Crippen LogP contribution in [0.25, 0.3) is 0 Å². The van der Waals surface area contributed by atoms with Crippen LogP contribution in [0.1, 0.15) is 43.9 Å². The van der Waals surface area contributed by atoms with Crippen LogP contribution in [-0.2, 0) is 11.4 Å². The largest absolute Gasteiger partial charge is 0.489 e. The highest BCUT2D eigenvalue weighted by molar-refractivity contribution is 5.93. The van der Waals surface area contributed by atoms with Crippen molar-refractivity contribution in [2.24, 2.45) is 5.29 Å². The van der Waals surface area contributed by atoms with Crippen molar-refractivity contribution >= 4 is 11.6 Å². The molecule has 2 aromatic carbocycles. The van der Waals surface area contributed by atoms with Crippen molar-refractivity contribution in [2.45, 2.75) is 47.6 Å². The first-order valence-corrected chi connectivity index (χ1v) is 8.61. The van der Waals surface area contributed by atoms with E-state index in [4.69, 9.17) is 4.74 Å². The second-order valence-corrected chi connectivity index (χ2v) is 5.47. The molecular weight excluding hydrogens is 335 g/mol. The average molecular weight is 360 g/mol. The highest BCUT2D eigenvalue weighted by atomic mass is 19.1. The molecule has 1 amide bonds. The van der Waals surface area contributed by atoms with E-state index >= 15 is 0 Å². The summed E-state index contributed by atoms with van der Waals surface area (Å²) in [6.45, 7) is 9.39. The summed E-state index contributed by atoms with van der Waals surface area (Å²) in [6.07, 6.45) is 0.164. The minimum atomic E-state index is -0.394. The predicted octanol–water partition coefficient (Wildman–Crippen LogP) is 5.47. The van der Waals surface area contributed by atoms with Crippen molar-refractivity contribution in [3.05, 3.63) is 63.8 Å². The van der Waals surface area contributed by atoms with Crippen molar-refractivity contribution in [1.82, 2.24) is 0 Å². The molecule has 5 nitrogen and oxygen atoms in total. The van der Waals surface area contributed by atoms with Crippen LogP contribution >= 0.6 is 0 Å². The van der Waals surface area contributed by atoms with Crippen LogP contribution in [0.2, 0.25) is 0 Å². The van der Waals surface area contributed by atoms with E-state index in [1.54, 1.807) is 32.0 Å². The number of rotatable bonds is 6. The van der Waals surface area contributed by atoms with Crippen molar-refractivity contribution in [3.63, 3.8) is 0 Å². The van der Waals surface area contributed by atoms with Gasteiger partial charge in [-0.2, -0.15) is 5.01 Å². The quantitative estimate of drug-likeness (QED) is 0.507. The summed E-state index contributed by atoms with van der Waals surface area (Å²) in [7, 11) is 0. The molecule has 0 aliphatic heterocycles. The van der Waals surface area contributed by atoms with Crippen molar-refractivity contribution < 1.29 is 13.9 Å². The molecule has 2 rings (SSSR count). The molecule has 0 fully saturated rings. The summed E-state index contributed by atoms with van der Waals surface area (Å²) < 4.78 is 18.9. The number of anilines is 1. The van der Waals surface area contributed by atoms with Gasteiger partial charge in [0.1, 0.15) is 18.2 Å². The molecule has 0 saturated heterocycles. The van der Waals surface area contributed by atoms with Gasteiger partial charge in [0.05, 0.1) is 11.0 Å². The zero-order valence-electron chi connectivity index (χ0n) is 15.9. The van der Waals surface area contributed by atoms with Crippen molar-refractivity contribution in [1.29, 1.82) is 0 Å². The van der Waals surface area contributed by atoms with Gasteiger partial charge in [-0.1, -0.05) is 32.9 Å². The van der Waals surface area contributed by atoms with Crippen molar-refractivity contribution in [3.8, 4) is 5.75 Å². The second-order valence-electron chi connectivity index (χ2n) is 5.47. The van der Waals surface area contributed by atoms with E-state index in [1.165, 1.54) is 12.1 Å². The number of hydrogen-bond donors (Lipinski definition) is 0. The lowest BCUT2D eigenvalue weighted by Crippen LogP contribution is -2.25. The first-order valence-electron chi connectivity index (χ1n) is 8.61. The van der Waals surface area contributed by atoms with Gasteiger partial charge >= 0.3 is 0 Å². The Morgan fingerprint density at radius 1 is 1.15 bits per heavy atom. The highest BCUT2D eigenvalue weighted by Crippen LogP contribution is 2.26. The number of halogens is 1. The number of amides is 1. The lowest BCUT2D eigenvalue weighted by atomic mass is 10.1. The first kappa shape index (κ1) is 21.3. The minimum absolute atomic E-state index is 0.130. The number of carbonyl (C=O) groups excluding carboxylic acids is 1. The van der Waals surface area contributed by atoms with Gasteiger partial charge in [-0.25, -0.2) is 4.39 Å². The molecule has 0 heterocycles. The third-order valence-electron chi connectivity index (χ3n) is 3.61. The summed E-state index contributed by atoms with van der Waals surface area (Å²) >= 11 is 0. The summed E-state index contributed by atoms with van der Waals surface area (Å²) in [6, 6.07) is 9.60. The molecule has 0 spiro atoms. The van der Waals surface area contributed by atoms with Crippen LogP contribution in [-0.4, -0.2) is 5.91 Å². The lowest BCUT2D eigenvalue weighted by molar-refractivity contribution is -0.118. The SMILES string of the molecule is CC.CCC(=O)N(N=O)c1cc(C)ccc1COc1ccc(F)cc1C. The molecule has 2 aromatic rings. The number of nitrogens with zero attached hydrogens (tertiary/aromatic N) is 2. The van der Waals surface area contributed by atoms with Gasteiger partial charge in [-0.05, 0) is 49.2 Å². The Bertz CT molecular complexity index is 763. The first-order chi connectivity index (χ1) is 12.5. The van der Waals surface area contributed by atoms with Crippen LogP contribution in [0, 0.1) is 24.6 Å². The zero-order chi connectivity index (χ0) is 19.7. The highest BCUT2D eigenvalue weighted by Gasteiger charge is 2.19. The molecule has 140 valence electrons. The van der Waals surface area contributed by atoms with Crippen LogP contribution < -0.4 is 9.75 Å². The van der Waals surface area contributed by atoms with Crippen LogP contribution in [0.3, 0.4) is 0 Å². The van der Waals surface area contributed by atoms with Crippen molar-refractivity contribution in [2.75, 3.05) is 5.01 Å². The number of hydrogen-bond acceptors (Lipinski definition) is 4.